The second-order valence-corrected chi connectivity index (χ2v) is 4.29. The summed E-state index contributed by atoms with van der Waals surface area (Å²) in [7, 11) is 0. The molecule has 5 nitrogen and oxygen atoms in total. The van der Waals surface area contributed by atoms with Crippen molar-refractivity contribution in [2.75, 3.05) is 6.61 Å². The van der Waals surface area contributed by atoms with Gasteiger partial charge in [0.15, 0.2) is 6.61 Å². The van der Waals surface area contributed by atoms with Crippen molar-refractivity contribution in [3.8, 4) is 11.8 Å². The van der Waals surface area contributed by atoms with E-state index in [-0.39, 0.29) is 12.5 Å². The third-order valence-electron chi connectivity index (χ3n) is 2.89. The second kappa shape index (κ2) is 8.70. The Balaban J connectivity index is 2.42. The summed E-state index contributed by atoms with van der Waals surface area (Å²) in [6.07, 6.45) is 3.71. The van der Waals surface area contributed by atoms with Gasteiger partial charge in [0.1, 0.15) is 11.8 Å². The average molecular weight is 273 g/mol. The number of amides is 1. The fraction of sp³-hybridized carbons (Fsp3) is 0.400. The molecule has 1 N–H and O–H groups in total. The van der Waals surface area contributed by atoms with Crippen molar-refractivity contribution < 1.29 is 9.53 Å². The minimum absolute atomic E-state index is 0.168. The number of para-hydroxylation sites is 1. The van der Waals surface area contributed by atoms with Crippen molar-refractivity contribution >= 4 is 12.1 Å². The Morgan fingerprint density at radius 3 is 2.80 bits per heavy atom. The smallest absolute Gasteiger partial charge is 0.277 e. The van der Waals surface area contributed by atoms with Crippen LogP contribution in [0.25, 0.3) is 0 Å². The lowest BCUT2D eigenvalue weighted by molar-refractivity contribution is -0.123. The maximum Gasteiger partial charge on any atom is 0.277 e. The maximum atomic E-state index is 11.5. The van der Waals surface area contributed by atoms with E-state index in [1.807, 2.05) is 6.07 Å². The van der Waals surface area contributed by atoms with Crippen LogP contribution in [0, 0.1) is 17.2 Å². The van der Waals surface area contributed by atoms with Gasteiger partial charge < -0.3 is 4.74 Å². The first kappa shape index (κ1) is 15.7. The van der Waals surface area contributed by atoms with Crippen molar-refractivity contribution in [2.45, 2.75) is 26.7 Å². The highest BCUT2D eigenvalue weighted by atomic mass is 16.5. The highest BCUT2D eigenvalue weighted by Crippen LogP contribution is 2.16. The molecule has 1 aromatic carbocycles. The van der Waals surface area contributed by atoms with Gasteiger partial charge in [0.2, 0.25) is 0 Å². The lowest BCUT2D eigenvalue weighted by Gasteiger charge is -2.07. The van der Waals surface area contributed by atoms with Crippen LogP contribution < -0.4 is 10.2 Å². The Morgan fingerprint density at radius 2 is 2.15 bits per heavy atom. The molecular formula is C15H19N3O2. The van der Waals surface area contributed by atoms with E-state index in [0.717, 1.165) is 12.8 Å². The molecule has 0 aliphatic heterocycles. The van der Waals surface area contributed by atoms with Crippen LogP contribution in [0.5, 0.6) is 5.75 Å². The molecule has 1 aromatic rings. The van der Waals surface area contributed by atoms with Crippen molar-refractivity contribution in [3.63, 3.8) is 0 Å². The van der Waals surface area contributed by atoms with E-state index in [1.165, 1.54) is 0 Å². The summed E-state index contributed by atoms with van der Waals surface area (Å²) in [5.41, 5.74) is 2.82. The fourth-order valence-electron chi connectivity index (χ4n) is 1.57. The number of hydrogen-bond acceptors (Lipinski definition) is 4. The number of rotatable bonds is 7. The molecule has 0 aliphatic rings. The van der Waals surface area contributed by atoms with Crippen LogP contribution in [-0.2, 0) is 4.79 Å². The third kappa shape index (κ3) is 5.11. The molecule has 5 heteroatoms. The summed E-state index contributed by atoms with van der Waals surface area (Å²) in [6.45, 7) is 3.98. The lowest BCUT2D eigenvalue weighted by Crippen LogP contribution is -2.25. The van der Waals surface area contributed by atoms with E-state index in [2.05, 4.69) is 24.4 Å². The molecular weight excluding hydrogens is 254 g/mol. The summed E-state index contributed by atoms with van der Waals surface area (Å²) in [5, 5.41) is 12.8. The third-order valence-corrected chi connectivity index (χ3v) is 2.89. The molecule has 0 heterocycles. The minimum Gasteiger partial charge on any atom is -0.482 e. The molecule has 0 radical (unpaired) electrons. The molecule has 1 amide bonds. The van der Waals surface area contributed by atoms with E-state index >= 15 is 0 Å². The Bertz CT molecular complexity index is 502. The van der Waals surface area contributed by atoms with Crippen LogP contribution in [0.2, 0.25) is 0 Å². The molecule has 0 aromatic heterocycles. The molecule has 0 spiro atoms. The van der Waals surface area contributed by atoms with Crippen LogP contribution in [0.1, 0.15) is 32.3 Å². The molecule has 0 saturated carbocycles. The molecule has 0 saturated heterocycles. The second-order valence-electron chi connectivity index (χ2n) is 4.29. The molecule has 0 aliphatic carbocycles. The first-order chi connectivity index (χ1) is 9.71. The number of carbonyl (C=O) groups excluding carboxylic acids is 1. The monoisotopic (exact) mass is 273 g/mol. The van der Waals surface area contributed by atoms with Gasteiger partial charge in [-0.3, -0.25) is 4.79 Å². The number of nitrogens with one attached hydrogen (secondary N) is 1. The molecule has 20 heavy (non-hydrogen) atoms. The van der Waals surface area contributed by atoms with Gasteiger partial charge in [0.25, 0.3) is 5.91 Å². The van der Waals surface area contributed by atoms with E-state index < -0.39 is 0 Å². The Labute approximate surface area is 119 Å². The Kier molecular flexibility index (Phi) is 6.83. The van der Waals surface area contributed by atoms with Gasteiger partial charge in [-0.2, -0.15) is 10.4 Å². The number of carbonyl (C=O) groups is 1. The largest absolute Gasteiger partial charge is 0.482 e. The van der Waals surface area contributed by atoms with E-state index in [1.54, 1.807) is 30.5 Å². The standard InChI is InChI=1S/C15H19N3O2/c1-3-12(4-2)10-17-18-15(19)11-20-14-8-6-5-7-13(14)9-16/h5-8,10,12H,3-4,11H2,1-2H3,(H,18,19)/b17-10-. The normalized spacial score (nSPS) is 10.5. The van der Waals surface area contributed by atoms with Gasteiger partial charge in [-0.15, -0.1) is 0 Å². The van der Waals surface area contributed by atoms with Gasteiger partial charge >= 0.3 is 0 Å². The minimum atomic E-state index is -0.347. The number of nitrogens with zero attached hydrogens (tertiary/aromatic N) is 2. The van der Waals surface area contributed by atoms with Crippen LogP contribution in [0.4, 0.5) is 0 Å². The molecule has 0 fully saturated rings. The van der Waals surface area contributed by atoms with E-state index in [4.69, 9.17) is 10.00 Å². The van der Waals surface area contributed by atoms with E-state index in [9.17, 15) is 4.79 Å². The maximum absolute atomic E-state index is 11.5. The highest BCUT2D eigenvalue weighted by molar-refractivity contribution is 5.78. The number of hydrazone groups is 1. The van der Waals surface area contributed by atoms with Crippen LogP contribution in [-0.4, -0.2) is 18.7 Å². The van der Waals surface area contributed by atoms with Crippen molar-refractivity contribution in [1.82, 2.24) is 5.43 Å². The van der Waals surface area contributed by atoms with Crippen LogP contribution in [0.3, 0.4) is 0 Å². The summed E-state index contributed by atoms with van der Waals surface area (Å²) >= 11 is 0. The van der Waals surface area contributed by atoms with Gasteiger partial charge in [-0.25, -0.2) is 5.43 Å². The summed E-state index contributed by atoms with van der Waals surface area (Å²) in [5.74, 6) is 0.421. The van der Waals surface area contributed by atoms with Crippen LogP contribution >= 0.6 is 0 Å². The molecule has 106 valence electrons. The zero-order valence-corrected chi connectivity index (χ0v) is 11.8. The molecule has 0 atom stereocenters. The number of hydrogen-bond donors (Lipinski definition) is 1. The number of ether oxygens (including phenoxy) is 1. The summed E-state index contributed by atoms with van der Waals surface area (Å²) in [6, 6.07) is 8.79. The SMILES string of the molecule is CCC(/C=N\NC(=O)COc1ccccc1C#N)CC. The number of nitriles is 1. The van der Waals surface area contributed by atoms with Crippen molar-refractivity contribution in [1.29, 1.82) is 5.26 Å². The Hall–Kier alpha value is -2.35. The molecule has 0 bridgehead atoms. The Morgan fingerprint density at radius 1 is 1.45 bits per heavy atom. The highest BCUT2D eigenvalue weighted by Gasteiger charge is 2.05. The zero-order chi connectivity index (χ0) is 14.8. The lowest BCUT2D eigenvalue weighted by atomic mass is 10.1. The summed E-state index contributed by atoms with van der Waals surface area (Å²) < 4.78 is 5.29. The summed E-state index contributed by atoms with van der Waals surface area (Å²) in [4.78, 5) is 11.5. The first-order valence-electron chi connectivity index (χ1n) is 6.65. The van der Waals surface area contributed by atoms with Crippen molar-refractivity contribution in [3.05, 3.63) is 29.8 Å². The number of benzene rings is 1. The van der Waals surface area contributed by atoms with Crippen LogP contribution in [0.15, 0.2) is 29.4 Å². The molecule has 0 unspecified atom stereocenters. The topological polar surface area (TPSA) is 74.5 Å². The van der Waals surface area contributed by atoms with Gasteiger partial charge in [0.05, 0.1) is 5.56 Å². The first-order valence-corrected chi connectivity index (χ1v) is 6.65. The zero-order valence-electron chi connectivity index (χ0n) is 11.8. The predicted molar refractivity (Wildman–Crippen MR) is 77.4 cm³/mol. The average Bonchev–Trinajstić information content (AvgIpc) is 2.49. The fourth-order valence-corrected chi connectivity index (χ4v) is 1.57. The van der Waals surface area contributed by atoms with E-state index in [0.29, 0.717) is 17.2 Å². The van der Waals surface area contributed by atoms with Gasteiger partial charge in [-0.1, -0.05) is 26.0 Å². The quantitative estimate of drug-likeness (QED) is 0.612. The van der Waals surface area contributed by atoms with Gasteiger partial charge in [0, 0.05) is 6.21 Å². The predicted octanol–water partition coefficient (Wildman–Crippen LogP) is 2.48. The van der Waals surface area contributed by atoms with Gasteiger partial charge in [-0.05, 0) is 30.9 Å². The van der Waals surface area contributed by atoms with Crippen molar-refractivity contribution in [2.24, 2.45) is 11.0 Å². The molecule has 1 rings (SSSR count).